The summed E-state index contributed by atoms with van der Waals surface area (Å²) in [6, 6.07) is 5.29. The van der Waals surface area contributed by atoms with Crippen LogP contribution in [-0.4, -0.2) is 37.4 Å². The van der Waals surface area contributed by atoms with E-state index in [0.717, 1.165) is 12.0 Å². The standard InChI is InChI=1S/C7H13N3O2.C7H8O3S/c8-5(6(9)11)3-4-1-2-10-7(4)12;1-6-2-4-7(5-3-6)11(8,9)10/h4-5H,1-3,8H2,(H2,9,11)(H,10,12);2-5H,1H3,(H,8,9,10). The van der Waals surface area contributed by atoms with Crippen molar-refractivity contribution in [2.24, 2.45) is 17.4 Å². The summed E-state index contributed by atoms with van der Waals surface area (Å²) < 4.78 is 29.6. The molecule has 1 fully saturated rings. The topological polar surface area (TPSA) is 153 Å². The number of hydrogen-bond acceptors (Lipinski definition) is 5. The molecule has 2 amide bonds. The Balaban J connectivity index is 0.000000231. The van der Waals surface area contributed by atoms with Gasteiger partial charge in [-0.25, -0.2) is 0 Å². The average molecular weight is 343 g/mol. The van der Waals surface area contributed by atoms with E-state index in [1.807, 2.05) is 6.92 Å². The monoisotopic (exact) mass is 343 g/mol. The van der Waals surface area contributed by atoms with Crippen LogP contribution in [0.2, 0.25) is 0 Å². The molecule has 0 aliphatic carbocycles. The molecule has 2 atom stereocenters. The number of benzene rings is 1. The zero-order chi connectivity index (χ0) is 17.6. The summed E-state index contributed by atoms with van der Waals surface area (Å²) in [4.78, 5) is 21.5. The van der Waals surface area contributed by atoms with Gasteiger partial charge in [-0.15, -0.1) is 0 Å². The van der Waals surface area contributed by atoms with Crippen LogP contribution < -0.4 is 16.8 Å². The third-order valence-corrected chi connectivity index (χ3v) is 4.25. The maximum atomic E-state index is 11.0. The largest absolute Gasteiger partial charge is 0.368 e. The molecule has 1 aromatic carbocycles. The van der Waals surface area contributed by atoms with Crippen molar-refractivity contribution in [2.75, 3.05) is 6.54 Å². The van der Waals surface area contributed by atoms with E-state index in [1.165, 1.54) is 12.1 Å². The van der Waals surface area contributed by atoms with Crippen LogP contribution >= 0.6 is 0 Å². The van der Waals surface area contributed by atoms with Crippen LogP contribution in [0.15, 0.2) is 29.2 Å². The molecular formula is C14H21N3O5S. The van der Waals surface area contributed by atoms with E-state index in [1.54, 1.807) is 12.1 Å². The van der Waals surface area contributed by atoms with Crippen molar-refractivity contribution in [2.45, 2.75) is 30.7 Å². The molecule has 1 aromatic rings. The van der Waals surface area contributed by atoms with Gasteiger partial charge in [0.05, 0.1) is 10.9 Å². The van der Waals surface area contributed by atoms with Crippen molar-refractivity contribution in [1.29, 1.82) is 0 Å². The Hall–Kier alpha value is -1.97. The number of aryl methyl sites for hydroxylation is 1. The molecule has 8 nitrogen and oxygen atoms in total. The lowest BCUT2D eigenvalue weighted by Crippen LogP contribution is -2.39. The average Bonchev–Trinajstić information content (AvgIpc) is 2.84. The van der Waals surface area contributed by atoms with Crippen molar-refractivity contribution < 1.29 is 22.6 Å². The lowest BCUT2D eigenvalue weighted by atomic mass is 9.99. The van der Waals surface area contributed by atoms with E-state index in [-0.39, 0.29) is 16.7 Å². The summed E-state index contributed by atoms with van der Waals surface area (Å²) in [7, 11) is -4.02. The molecule has 0 aromatic heterocycles. The minimum Gasteiger partial charge on any atom is -0.368 e. The van der Waals surface area contributed by atoms with Crippen LogP contribution in [0.1, 0.15) is 18.4 Å². The Morgan fingerprint density at radius 2 is 1.96 bits per heavy atom. The highest BCUT2D eigenvalue weighted by molar-refractivity contribution is 7.85. The molecule has 128 valence electrons. The van der Waals surface area contributed by atoms with Crippen LogP contribution in [0.5, 0.6) is 0 Å². The SMILES string of the molecule is Cc1ccc(S(=O)(=O)O)cc1.NC(=O)C(N)CC1CCNC1=O. The zero-order valence-electron chi connectivity index (χ0n) is 12.7. The summed E-state index contributed by atoms with van der Waals surface area (Å²) in [6.07, 6.45) is 1.11. The number of nitrogens with two attached hydrogens (primary N) is 2. The molecule has 9 heteroatoms. The Morgan fingerprint density at radius 3 is 2.35 bits per heavy atom. The van der Waals surface area contributed by atoms with E-state index in [2.05, 4.69) is 5.32 Å². The Bertz CT molecular complexity index is 657. The minimum atomic E-state index is -4.02. The summed E-state index contributed by atoms with van der Waals surface area (Å²) in [6.45, 7) is 2.52. The highest BCUT2D eigenvalue weighted by atomic mass is 32.2. The molecular weight excluding hydrogens is 322 g/mol. The van der Waals surface area contributed by atoms with E-state index in [4.69, 9.17) is 16.0 Å². The molecule has 2 unspecified atom stereocenters. The van der Waals surface area contributed by atoms with Crippen LogP contribution in [0.4, 0.5) is 0 Å². The molecule has 6 N–H and O–H groups in total. The van der Waals surface area contributed by atoms with E-state index in [9.17, 15) is 18.0 Å². The van der Waals surface area contributed by atoms with Crippen molar-refractivity contribution >= 4 is 21.9 Å². The van der Waals surface area contributed by atoms with Gasteiger partial charge in [0, 0.05) is 12.5 Å². The third-order valence-electron chi connectivity index (χ3n) is 3.39. The van der Waals surface area contributed by atoms with Gasteiger partial charge in [-0.3, -0.25) is 14.1 Å². The second-order valence-corrected chi connectivity index (χ2v) is 6.73. The number of amides is 2. The maximum Gasteiger partial charge on any atom is 0.294 e. The van der Waals surface area contributed by atoms with Crippen molar-refractivity contribution in [3.63, 3.8) is 0 Å². The Labute approximate surface area is 135 Å². The summed E-state index contributed by atoms with van der Waals surface area (Å²) >= 11 is 0. The van der Waals surface area contributed by atoms with Gasteiger partial charge in [-0.1, -0.05) is 17.7 Å². The Kier molecular flexibility index (Phi) is 6.67. The van der Waals surface area contributed by atoms with Gasteiger partial charge in [-0.05, 0) is 31.9 Å². The molecule has 1 aliphatic rings. The predicted molar refractivity (Wildman–Crippen MR) is 83.9 cm³/mol. The number of primary amides is 1. The highest BCUT2D eigenvalue weighted by Gasteiger charge is 2.27. The number of carbonyl (C=O) groups is 2. The second kappa shape index (κ2) is 8.04. The lowest BCUT2D eigenvalue weighted by molar-refractivity contribution is -0.123. The normalized spacial score (nSPS) is 18.6. The molecule has 2 rings (SSSR count). The first-order valence-electron chi connectivity index (χ1n) is 6.98. The molecule has 1 saturated heterocycles. The van der Waals surface area contributed by atoms with Crippen molar-refractivity contribution in [1.82, 2.24) is 5.32 Å². The van der Waals surface area contributed by atoms with Crippen LogP contribution in [0, 0.1) is 12.8 Å². The molecule has 1 heterocycles. The number of rotatable bonds is 4. The van der Waals surface area contributed by atoms with Gasteiger partial charge in [0.2, 0.25) is 11.8 Å². The fourth-order valence-corrected chi connectivity index (χ4v) is 2.48. The fourth-order valence-electron chi connectivity index (χ4n) is 2.00. The smallest absolute Gasteiger partial charge is 0.294 e. The molecule has 0 bridgehead atoms. The predicted octanol–water partition coefficient (Wildman–Crippen LogP) is -0.433. The molecule has 1 aliphatic heterocycles. The number of carbonyl (C=O) groups excluding carboxylic acids is 2. The van der Waals surface area contributed by atoms with Crippen LogP contribution in [0.3, 0.4) is 0 Å². The van der Waals surface area contributed by atoms with Crippen molar-refractivity contribution in [3.8, 4) is 0 Å². The van der Waals surface area contributed by atoms with E-state index >= 15 is 0 Å². The van der Waals surface area contributed by atoms with Crippen molar-refractivity contribution in [3.05, 3.63) is 29.8 Å². The fraction of sp³-hybridized carbons (Fsp3) is 0.429. The first-order valence-corrected chi connectivity index (χ1v) is 8.42. The summed E-state index contributed by atoms with van der Waals surface area (Å²) in [5.74, 6) is -0.700. The quantitative estimate of drug-likeness (QED) is 0.544. The van der Waals surface area contributed by atoms with Gasteiger partial charge in [0.25, 0.3) is 10.1 Å². The van der Waals surface area contributed by atoms with Gasteiger partial charge in [-0.2, -0.15) is 8.42 Å². The number of hydrogen-bond donors (Lipinski definition) is 4. The van der Waals surface area contributed by atoms with Gasteiger partial charge in [0.15, 0.2) is 0 Å². The van der Waals surface area contributed by atoms with Gasteiger partial charge >= 0.3 is 0 Å². The van der Waals surface area contributed by atoms with E-state index < -0.39 is 22.1 Å². The Morgan fingerprint density at radius 1 is 1.39 bits per heavy atom. The van der Waals surface area contributed by atoms with Crippen LogP contribution in [-0.2, 0) is 19.7 Å². The molecule has 23 heavy (non-hydrogen) atoms. The highest BCUT2D eigenvalue weighted by Crippen LogP contribution is 2.14. The van der Waals surface area contributed by atoms with Gasteiger partial charge in [0.1, 0.15) is 0 Å². The summed E-state index contributed by atoms with van der Waals surface area (Å²) in [5.41, 5.74) is 11.3. The van der Waals surface area contributed by atoms with Gasteiger partial charge < -0.3 is 16.8 Å². The lowest BCUT2D eigenvalue weighted by Gasteiger charge is -2.10. The minimum absolute atomic E-state index is 0.0216. The second-order valence-electron chi connectivity index (χ2n) is 5.31. The third kappa shape index (κ3) is 6.35. The summed E-state index contributed by atoms with van der Waals surface area (Å²) in [5, 5.41) is 2.67. The number of nitrogens with one attached hydrogen (secondary N) is 1. The first-order chi connectivity index (χ1) is 10.6. The first kappa shape index (κ1) is 19.1. The maximum absolute atomic E-state index is 11.0. The zero-order valence-corrected chi connectivity index (χ0v) is 13.5. The molecule has 0 spiro atoms. The molecule has 0 saturated carbocycles. The van der Waals surface area contributed by atoms with Crippen LogP contribution in [0.25, 0.3) is 0 Å². The van der Waals surface area contributed by atoms with E-state index in [0.29, 0.717) is 13.0 Å². The molecule has 0 radical (unpaired) electrons.